The quantitative estimate of drug-likeness (QED) is 0.614. The van der Waals surface area contributed by atoms with Gasteiger partial charge < -0.3 is 10.3 Å². The van der Waals surface area contributed by atoms with E-state index in [1.54, 1.807) is 0 Å². The minimum absolute atomic E-state index is 0.791. The number of benzene rings is 1. The Kier molecular flexibility index (Phi) is 1.20. The molecule has 0 saturated heterocycles. The van der Waals surface area contributed by atoms with Crippen molar-refractivity contribution >= 4 is 16.7 Å². The summed E-state index contributed by atoms with van der Waals surface area (Å²) >= 11 is 0. The van der Waals surface area contributed by atoms with E-state index in [4.69, 9.17) is 5.73 Å². The first-order valence-electron chi connectivity index (χ1n) is 4.60. The number of para-hydroxylation sites is 1. The van der Waals surface area contributed by atoms with E-state index in [-0.39, 0.29) is 0 Å². The number of aryl methyl sites for hydroxylation is 2. The van der Waals surface area contributed by atoms with Crippen LogP contribution in [0, 0.1) is 0 Å². The molecular weight excluding hydrogens is 162 g/mol. The molecule has 0 aliphatic carbocycles. The number of hydrogen-bond acceptors (Lipinski definition) is 2. The molecule has 3 heteroatoms. The van der Waals surface area contributed by atoms with Gasteiger partial charge in [-0.25, -0.2) is 4.98 Å². The summed E-state index contributed by atoms with van der Waals surface area (Å²) in [6, 6.07) is 5.99. The van der Waals surface area contributed by atoms with Gasteiger partial charge in [0.1, 0.15) is 11.3 Å². The number of fused-ring (bicyclic) bond motifs is 3. The maximum Gasteiger partial charge on any atom is 0.112 e. The third kappa shape index (κ3) is 0.813. The number of rotatable bonds is 0. The number of nitrogens with zero attached hydrogens (tertiary/aromatic N) is 2. The van der Waals surface area contributed by atoms with Crippen molar-refractivity contribution in [2.75, 3.05) is 5.73 Å². The van der Waals surface area contributed by atoms with Crippen LogP contribution in [0.1, 0.15) is 12.2 Å². The first-order chi connectivity index (χ1) is 6.36. The molecular formula is C10H11N3. The van der Waals surface area contributed by atoms with E-state index in [1.807, 2.05) is 12.1 Å². The standard InChI is InChI=1S/C10H11N3/c11-7-3-1-4-8-10(7)12-9-5-2-6-13(8)9/h1,3-4H,2,5-6,11H2. The normalized spacial score (nSPS) is 15.1. The molecule has 1 aliphatic heterocycles. The molecule has 3 nitrogen and oxygen atoms in total. The summed E-state index contributed by atoms with van der Waals surface area (Å²) in [6.45, 7) is 1.09. The summed E-state index contributed by atoms with van der Waals surface area (Å²) in [5.41, 5.74) is 8.79. The second-order valence-corrected chi connectivity index (χ2v) is 3.50. The zero-order chi connectivity index (χ0) is 8.84. The van der Waals surface area contributed by atoms with Crippen LogP contribution < -0.4 is 5.73 Å². The Labute approximate surface area is 76.2 Å². The zero-order valence-corrected chi connectivity index (χ0v) is 7.33. The highest BCUT2D eigenvalue weighted by molar-refractivity contribution is 5.87. The van der Waals surface area contributed by atoms with E-state index < -0.39 is 0 Å². The van der Waals surface area contributed by atoms with Crippen LogP contribution in [-0.4, -0.2) is 9.55 Å². The Morgan fingerprint density at radius 3 is 3.23 bits per heavy atom. The zero-order valence-electron chi connectivity index (χ0n) is 7.33. The average molecular weight is 173 g/mol. The van der Waals surface area contributed by atoms with Crippen LogP contribution in [0.3, 0.4) is 0 Å². The predicted octanol–water partition coefficient (Wildman–Crippen LogP) is 1.56. The Morgan fingerprint density at radius 2 is 2.31 bits per heavy atom. The van der Waals surface area contributed by atoms with E-state index in [1.165, 1.54) is 17.8 Å². The number of nitrogens with two attached hydrogens (primary N) is 1. The van der Waals surface area contributed by atoms with E-state index >= 15 is 0 Å². The van der Waals surface area contributed by atoms with Gasteiger partial charge >= 0.3 is 0 Å². The lowest BCUT2D eigenvalue weighted by atomic mass is 10.2. The van der Waals surface area contributed by atoms with Gasteiger partial charge in [-0.05, 0) is 18.6 Å². The summed E-state index contributed by atoms with van der Waals surface area (Å²) < 4.78 is 2.27. The van der Waals surface area contributed by atoms with E-state index in [0.717, 1.165) is 24.2 Å². The maximum absolute atomic E-state index is 5.84. The highest BCUT2D eigenvalue weighted by atomic mass is 15.1. The molecule has 13 heavy (non-hydrogen) atoms. The molecule has 1 aliphatic rings. The minimum atomic E-state index is 0.791. The van der Waals surface area contributed by atoms with Crippen molar-refractivity contribution in [3.05, 3.63) is 24.0 Å². The predicted molar refractivity (Wildman–Crippen MR) is 52.5 cm³/mol. The van der Waals surface area contributed by atoms with Crippen molar-refractivity contribution in [3.63, 3.8) is 0 Å². The van der Waals surface area contributed by atoms with Gasteiger partial charge in [-0.1, -0.05) is 6.07 Å². The number of anilines is 1. The van der Waals surface area contributed by atoms with Crippen molar-refractivity contribution in [1.29, 1.82) is 0 Å². The highest BCUT2D eigenvalue weighted by Gasteiger charge is 2.16. The molecule has 0 spiro atoms. The van der Waals surface area contributed by atoms with Crippen LogP contribution in [0.2, 0.25) is 0 Å². The van der Waals surface area contributed by atoms with Crippen LogP contribution in [0.25, 0.3) is 11.0 Å². The smallest absolute Gasteiger partial charge is 0.112 e. The van der Waals surface area contributed by atoms with Gasteiger partial charge in [0.2, 0.25) is 0 Å². The van der Waals surface area contributed by atoms with Gasteiger partial charge in [0.15, 0.2) is 0 Å². The molecule has 2 heterocycles. The first kappa shape index (κ1) is 6.95. The molecule has 1 aromatic heterocycles. The number of aromatic nitrogens is 2. The summed E-state index contributed by atoms with van der Waals surface area (Å²) in [5, 5.41) is 0. The van der Waals surface area contributed by atoms with Crippen LogP contribution >= 0.6 is 0 Å². The van der Waals surface area contributed by atoms with Gasteiger partial charge in [0, 0.05) is 13.0 Å². The second kappa shape index (κ2) is 2.25. The fourth-order valence-electron chi connectivity index (χ4n) is 2.05. The van der Waals surface area contributed by atoms with Gasteiger partial charge in [-0.3, -0.25) is 0 Å². The van der Waals surface area contributed by atoms with Gasteiger partial charge in [-0.2, -0.15) is 0 Å². The molecule has 2 aromatic rings. The van der Waals surface area contributed by atoms with Gasteiger partial charge in [0.25, 0.3) is 0 Å². The molecule has 0 radical (unpaired) electrons. The molecule has 0 unspecified atom stereocenters. The minimum Gasteiger partial charge on any atom is -0.397 e. The third-order valence-electron chi connectivity index (χ3n) is 2.67. The van der Waals surface area contributed by atoms with Crippen LogP contribution in [0.5, 0.6) is 0 Å². The summed E-state index contributed by atoms with van der Waals surface area (Å²) in [5.74, 6) is 1.19. The molecule has 1 aromatic carbocycles. The van der Waals surface area contributed by atoms with Gasteiger partial charge in [-0.15, -0.1) is 0 Å². The third-order valence-corrected chi connectivity index (χ3v) is 2.67. The molecule has 0 bridgehead atoms. The summed E-state index contributed by atoms with van der Waals surface area (Å²) in [4.78, 5) is 4.53. The van der Waals surface area contributed by atoms with Crippen molar-refractivity contribution in [2.24, 2.45) is 0 Å². The van der Waals surface area contributed by atoms with Crippen molar-refractivity contribution in [2.45, 2.75) is 19.4 Å². The first-order valence-corrected chi connectivity index (χ1v) is 4.60. The van der Waals surface area contributed by atoms with E-state index in [9.17, 15) is 0 Å². The van der Waals surface area contributed by atoms with E-state index in [2.05, 4.69) is 15.6 Å². The fourth-order valence-corrected chi connectivity index (χ4v) is 2.05. The molecule has 3 rings (SSSR count). The Hall–Kier alpha value is -1.51. The molecule has 66 valence electrons. The summed E-state index contributed by atoms with van der Waals surface area (Å²) in [6.07, 6.45) is 2.31. The molecule has 2 N–H and O–H groups in total. The van der Waals surface area contributed by atoms with Crippen LogP contribution in [0.4, 0.5) is 5.69 Å². The lowest BCUT2D eigenvalue weighted by Gasteiger charge is -1.98. The average Bonchev–Trinajstić information content (AvgIpc) is 2.65. The Morgan fingerprint density at radius 1 is 1.38 bits per heavy atom. The number of nitrogen functional groups attached to an aromatic ring is 1. The maximum atomic E-state index is 5.84. The Balaban J connectivity index is 2.44. The Bertz CT molecular complexity index is 470. The second-order valence-electron chi connectivity index (χ2n) is 3.50. The van der Waals surface area contributed by atoms with Crippen LogP contribution in [0.15, 0.2) is 18.2 Å². The largest absolute Gasteiger partial charge is 0.397 e. The van der Waals surface area contributed by atoms with Crippen molar-refractivity contribution in [1.82, 2.24) is 9.55 Å². The molecule has 0 saturated carbocycles. The summed E-state index contributed by atoms with van der Waals surface area (Å²) in [7, 11) is 0. The number of hydrogen-bond donors (Lipinski definition) is 1. The molecule has 0 atom stereocenters. The lowest BCUT2D eigenvalue weighted by molar-refractivity contribution is 0.771. The molecule has 0 fully saturated rings. The van der Waals surface area contributed by atoms with Crippen molar-refractivity contribution in [3.8, 4) is 0 Å². The lowest BCUT2D eigenvalue weighted by Crippen LogP contribution is -1.91. The highest BCUT2D eigenvalue weighted by Crippen LogP contribution is 2.25. The fraction of sp³-hybridized carbons (Fsp3) is 0.300. The van der Waals surface area contributed by atoms with E-state index in [0.29, 0.717) is 0 Å². The SMILES string of the molecule is Nc1cccc2c1nc1n2CCC1. The van der Waals surface area contributed by atoms with Gasteiger partial charge in [0.05, 0.1) is 11.2 Å². The van der Waals surface area contributed by atoms with Crippen molar-refractivity contribution < 1.29 is 0 Å². The number of imidazole rings is 1. The topological polar surface area (TPSA) is 43.8 Å². The van der Waals surface area contributed by atoms with Crippen LogP contribution in [-0.2, 0) is 13.0 Å². The monoisotopic (exact) mass is 173 g/mol. The molecule has 0 amide bonds.